The predicted octanol–water partition coefficient (Wildman–Crippen LogP) is 3.73. The van der Waals surface area contributed by atoms with Gasteiger partial charge in [0.1, 0.15) is 54.5 Å². The summed E-state index contributed by atoms with van der Waals surface area (Å²) in [4.78, 5) is 18.4. The first kappa shape index (κ1) is 63.5. The van der Waals surface area contributed by atoms with Crippen LogP contribution in [0.3, 0.4) is 0 Å². The van der Waals surface area contributed by atoms with Crippen LogP contribution in [-0.4, -0.2) is 217 Å². The molecule has 442 valence electrons. The molecule has 3 saturated heterocycles. The molecule has 0 unspecified atom stereocenters. The summed E-state index contributed by atoms with van der Waals surface area (Å²) in [5.41, 5.74) is -1.85. The Balaban J connectivity index is 1.24. The molecule has 23 heteroatoms. The van der Waals surface area contributed by atoms with E-state index in [4.69, 9.17) is 37.9 Å². The number of alkyl halides is 1. The predicted molar refractivity (Wildman–Crippen MR) is 284 cm³/mol. The largest absolute Gasteiger partial charge is 0.459 e. The number of aliphatic hydroxyl groups is 5. The number of nitrogens with zero attached hydrogens (tertiary/aromatic N) is 8. The molecule has 0 radical (unpaired) electrons. The Morgan fingerprint density at radius 1 is 0.910 bits per heavy atom. The van der Waals surface area contributed by atoms with E-state index in [0.717, 1.165) is 11.3 Å². The molecule has 2 aromatic heterocycles. The number of likely N-dealkylation sites (N-methyl/N-ethyl adjacent to an activating group) is 2. The minimum absolute atomic E-state index is 0.0792. The second-order valence-corrected chi connectivity index (χ2v) is 23.2. The fraction of sp³-hybridized carbons (Fsp3) is 0.800. The number of benzene rings is 1. The van der Waals surface area contributed by atoms with Crippen molar-refractivity contribution in [2.75, 3.05) is 55.2 Å². The molecule has 3 fully saturated rings. The summed E-state index contributed by atoms with van der Waals surface area (Å²) in [5, 5.41) is 77.0. The van der Waals surface area contributed by atoms with Gasteiger partial charge in [0, 0.05) is 71.5 Å². The molecule has 3 aromatic rings. The Morgan fingerprint density at radius 2 is 1.59 bits per heavy atom. The monoisotopic (exact) mass is 1110 g/mol. The molecular formula is C55H91FN8O14. The van der Waals surface area contributed by atoms with Crippen molar-refractivity contribution in [3.05, 3.63) is 53.6 Å². The van der Waals surface area contributed by atoms with E-state index in [0.29, 0.717) is 43.9 Å². The van der Waals surface area contributed by atoms with Gasteiger partial charge in [0.25, 0.3) is 0 Å². The maximum Gasteiger partial charge on any atom is 0.311 e. The van der Waals surface area contributed by atoms with Crippen LogP contribution in [0.5, 0.6) is 0 Å². The second-order valence-electron chi connectivity index (χ2n) is 23.2. The van der Waals surface area contributed by atoms with Crippen molar-refractivity contribution >= 4 is 5.97 Å². The van der Waals surface area contributed by atoms with Crippen LogP contribution in [0, 0.1) is 17.8 Å². The SMILES string of the molecule is CC[C@H]1OC(=O)[C@H](C)[C@@H](O[C@H]2C[C@@](C)(OC)[C@@H](O)[C@H](C)O2)[C@H](C)[C@@H](O[C@@H]2O[C@H](C)C[C@H](N(C)CCc3cn([C@H](CF)[C@H](OC)c4ccc(-n5cc(COC)nn5)cc4)nn3)[C@H]2O)[C@](C)(O)C[C@@H](C)CN(C)[C@H](C)[C@@H](O)[C@]1(C)O. The van der Waals surface area contributed by atoms with Gasteiger partial charge < -0.3 is 73.2 Å². The summed E-state index contributed by atoms with van der Waals surface area (Å²) in [6, 6.07) is 5.47. The van der Waals surface area contributed by atoms with Crippen molar-refractivity contribution in [1.29, 1.82) is 0 Å². The molecular weight excluding hydrogens is 1020 g/mol. The number of hydrogen-bond acceptors (Lipinski definition) is 20. The van der Waals surface area contributed by atoms with E-state index < -0.39 is 127 Å². The lowest BCUT2D eigenvalue weighted by Crippen LogP contribution is -2.61. The highest BCUT2D eigenvalue weighted by Crippen LogP contribution is 2.41. The molecule has 20 atom stereocenters. The van der Waals surface area contributed by atoms with Crippen molar-refractivity contribution in [2.45, 2.75) is 210 Å². The number of cyclic esters (lactones) is 1. The van der Waals surface area contributed by atoms with Gasteiger partial charge in [0.15, 0.2) is 12.6 Å². The zero-order valence-corrected chi connectivity index (χ0v) is 48.5. The normalized spacial score (nSPS) is 37.9. The molecule has 22 nitrogen and oxygen atoms in total. The van der Waals surface area contributed by atoms with Crippen LogP contribution in [0.15, 0.2) is 36.7 Å². The molecule has 0 spiro atoms. The number of ether oxygens (including phenoxy) is 8. The number of rotatable bonds is 18. The average Bonchev–Trinajstić information content (AvgIpc) is 4.13. The highest BCUT2D eigenvalue weighted by Gasteiger charge is 2.53. The summed E-state index contributed by atoms with van der Waals surface area (Å²) in [6.07, 6.45) is -6.38. The molecule has 5 heterocycles. The maximum absolute atomic E-state index is 15.0. The van der Waals surface area contributed by atoms with Crippen LogP contribution < -0.4 is 0 Å². The zero-order valence-electron chi connectivity index (χ0n) is 48.5. The van der Waals surface area contributed by atoms with Crippen molar-refractivity contribution in [1.82, 2.24) is 39.8 Å². The van der Waals surface area contributed by atoms with Crippen LogP contribution in [0.2, 0.25) is 0 Å². The lowest BCUT2D eigenvalue weighted by atomic mass is 9.77. The molecule has 1 aromatic carbocycles. The highest BCUT2D eigenvalue weighted by atomic mass is 19.1. The lowest BCUT2D eigenvalue weighted by molar-refractivity contribution is -0.318. The van der Waals surface area contributed by atoms with Gasteiger partial charge in [-0.1, -0.05) is 43.3 Å². The van der Waals surface area contributed by atoms with Gasteiger partial charge in [0.2, 0.25) is 0 Å². The van der Waals surface area contributed by atoms with E-state index in [1.807, 2.05) is 62.0 Å². The molecule has 6 rings (SSSR count). The average molecular weight is 1110 g/mol. The molecule has 3 aliphatic heterocycles. The number of carbonyl (C=O) groups excluding carboxylic acids is 1. The number of aromatic nitrogens is 6. The Bertz CT molecular complexity index is 2330. The van der Waals surface area contributed by atoms with Gasteiger partial charge in [-0.25, -0.2) is 13.8 Å². The minimum Gasteiger partial charge on any atom is -0.459 e. The molecule has 0 aliphatic carbocycles. The van der Waals surface area contributed by atoms with Crippen molar-refractivity contribution in [3.8, 4) is 5.69 Å². The van der Waals surface area contributed by atoms with Crippen molar-refractivity contribution in [2.24, 2.45) is 17.8 Å². The summed E-state index contributed by atoms with van der Waals surface area (Å²) >= 11 is 0. The number of halogens is 1. The van der Waals surface area contributed by atoms with Crippen LogP contribution in [0.25, 0.3) is 5.69 Å². The van der Waals surface area contributed by atoms with Crippen LogP contribution in [0.1, 0.15) is 124 Å². The topological polar surface area (TPSA) is 260 Å². The summed E-state index contributed by atoms with van der Waals surface area (Å²) in [5.74, 6) is -2.90. The quantitative estimate of drug-likeness (QED) is 0.114. The van der Waals surface area contributed by atoms with Crippen LogP contribution in [-0.2, 0) is 55.7 Å². The van der Waals surface area contributed by atoms with Crippen LogP contribution >= 0.6 is 0 Å². The first-order valence-electron chi connectivity index (χ1n) is 27.5. The van der Waals surface area contributed by atoms with Gasteiger partial charge in [-0.3, -0.25) is 4.79 Å². The first-order valence-corrected chi connectivity index (χ1v) is 27.5. The third-order valence-corrected chi connectivity index (χ3v) is 16.8. The molecule has 0 amide bonds. The molecule has 0 bridgehead atoms. The summed E-state index contributed by atoms with van der Waals surface area (Å²) in [7, 11) is 8.31. The first-order chi connectivity index (χ1) is 36.7. The van der Waals surface area contributed by atoms with E-state index in [-0.39, 0.29) is 25.2 Å². The Hall–Kier alpha value is -3.66. The third kappa shape index (κ3) is 14.5. The number of carbonyl (C=O) groups is 1. The van der Waals surface area contributed by atoms with E-state index >= 15 is 0 Å². The standard InChI is InChI=1S/C55H91FN8O14/c1-16-43-55(10,70)48(66)35(6)62(12)27-31(2)24-53(8,69)50(33(4)46(34(5)51(68)76-43)77-44-25-54(9,73-15)49(67)36(7)75-44)78-52-45(65)41(23-32(3)74-52)61(11)22-21-38-28-64(60-57-38)42(26-56)47(72-14)37-17-19-40(20-18-37)63-29-39(30-71-13)58-59-63/h17-20,28-29,31-36,41-50,52,65-67,69-70H,16,21-27,30H2,1-15H3/t31-,32-,33+,34-,35-,36+,41+,42-,43-,44+,45-,46+,47-,48-,49+,50-,52+,53-,54-,55-/m1/s1. The van der Waals surface area contributed by atoms with Gasteiger partial charge in [-0.2, -0.15) is 0 Å². The number of hydrogen-bond donors (Lipinski definition) is 5. The van der Waals surface area contributed by atoms with Gasteiger partial charge >= 0.3 is 5.97 Å². The molecule has 3 aliphatic rings. The van der Waals surface area contributed by atoms with Gasteiger partial charge in [-0.05, 0) is 105 Å². The van der Waals surface area contributed by atoms with E-state index in [9.17, 15) is 34.7 Å². The molecule has 0 saturated carbocycles. The Labute approximate surface area is 459 Å². The summed E-state index contributed by atoms with van der Waals surface area (Å²) in [6.45, 7) is 17.8. The second kappa shape index (κ2) is 26.9. The smallest absolute Gasteiger partial charge is 0.311 e. The van der Waals surface area contributed by atoms with Gasteiger partial charge in [0.05, 0.1) is 65.7 Å². The summed E-state index contributed by atoms with van der Waals surface area (Å²) < 4.78 is 67.4. The third-order valence-electron chi connectivity index (χ3n) is 16.8. The van der Waals surface area contributed by atoms with E-state index in [2.05, 4.69) is 20.6 Å². The lowest BCUT2D eigenvalue weighted by Gasteiger charge is -2.49. The highest BCUT2D eigenvalue weighted by molar-refractivity contribution is 5.73. The van der Waals surface area contributed by atoms with Gasteiger partial charge in [-0.15, -0.1) is 10.2 Å². The van der Waals surface area contributed by atoms with E-state index in [1.54, 1.807) is 72.7 Å². The number of aliphatic hydroxyl groups excluding tert-OH is 3. The fourth-order valence-electron chi connectivity index (χ4n) is 12.0. The number of methoxy groups -OCH3 is 3. The van der Waals surface area contributed by atoms with Crippen LogP contribution in [0.4, 0.5) is 4.39 Å². The zero-order chi connectivity index (χ0) is 57.6. The minimum atomic E-state index is -1.86. The molecule has 78 heavy (non-hydrogen) atoms. The van der Waals surface area contributed by atoms with E-state index in [1.165, 1.54) is 25.8 Å². The fourth-order valence-corrected chi connectivity index (χ4v) is 12.0. The number of esters is 1. The molecule has 5 N–H and O–H groups in total. The van der Waals surface area contributed by atoms with Crippen molar-refractivity contribution < 1.29 is 72.6 Å². The van der Waals surface area contributed by atoms with Crippen molar-refractivity contribution in [3.63, 3.8) is 0 Å². The maximum atomic E-state index is 15.0. The Morgan fingerprint density at radius 3 is 2.22 bits per heavy atom. The Kier molecular flexibility index (Phi) is 21.9.